The average Bonchev–Trinajstić information content (AvgIpc) is 2.71. The largest absolute Gasteiger partial charge is 0.508 e. The van der Waals surface area contributed by atoms with Crippen LogP contribution in [0.1, 0.15) is 15.2 Å². The van der Waals surface area contributed by atoms with Gasteiger partial charge in [-0.2, -0.15) is 0 Å². The summed E-state index contributed by atoms with van der Waals surface area (Å²) in [5.41, 5.74) is 1.22. The fraction of sp³-hybridized carbons (Fsp3) is 0.0833. The lowest BCUT2D eigenvalue weighted by Crippen LogP contribution is -2.11. The molecule has 17 heavy (non-hydrogen) atoms. The van der Waals surface area contributed by atoms with E-state index in [9.17, 15) is 9.90 Å². The molecular weight excluding hydrogens is 258 g/mol. The summed E-state index contributed by atoms with van der Waals surface area (Å²) in [6, 6.07) is 6.65. The van der Waals surface area contributed by atoms with Gasteiger partial charge in [0.2, 0.25) is 0 Å². The maximum absolute atomic E-state index is 11.9. The van der Waals surface area contributed by atoms with Crippen LogP contribution in [0.3, 0.4) is 0 Å². The number of carbonyl (C=O) groups is 1. The Morgan fingerprint density at radius 3 is 2.82 bits per heavy atom. The standard InChI is InChI=1S/C12H10ClNO2S/c1-7-9(3-2-4-10(7)15)14-12(16)11-8(13)5-6-17-11/h2-6,15H,1H3,(H,14,16). The van der Waals surface area contributed by atoms with Crippen LogP contribution >= 0.6 is 22.9 Å². The first kappa shape index (κ1) is 12.0. The van der Waals surface area contributed by atoms with Gasteiger partial charge in [0.05, 0.1) is 5.02 Å². The van der Waals surface area contributed by atoms with Crippen molar-refractivity contribution in [1.29, 1.82) is 0 Å². The maximum Gasteiger partial charge on any atom is 0.267 e. The lowest BCUT2D eigenvalue weighted by Gasteiger charge is -2.08. The summed E-state index contributed by atoms with van der Waals surface area (Å²) >= 11 is 7.15. The molecule has 0 spiro atoms. The Labute approximate surface area is 108 Å². The molecule has 0 saturated carbocycles. The molecule has 0 aliphatic heterocycles. The molecule has 1 aromatic carbocycles. The average molecular weight is 268 g/mol. The summed E-state index contributed by atoms with van der Waals surface area (Å²) in [6.45, 7) is 1.74. The molecule has 0 aliphatic rings. The topological polar surface area (TPSA) is 49.3 Å². The van der Waals surface area contributed by atoms with E-state index in [1.165, 1.54) is 11.3 Å². The van der Waals surface area contributed by atoms with Crippen LogP contribution in [0.4, 0.5) is 5.69 Å². The molecule has 1 heterocycles. The zero-order chi connectivity index (χ0) is 12.4. The fourth-order valence-electron chi connectivity index (χ4n) is 1.39. The molecular formula is C12H10ClNO2S. The highest BCUT2D eigenvalue weighted by Gasteiger charge is 2.13. The molecule has 3 nitrogen and oxygen atoms in total. The summed E-state index contributed by atoms with van der Waals surface area (Å²) < 4.78 is 0. The van der Waals surface area contributed by atoms with Crippen LogP contribution in [0.2, 0.25) is 5.02 Å². The third-order valence-electron chi connectivity index (χ3n) is 2.38. The van der Waals surface area contributed by atoms with Crippen LogP contribution in [0.15, 0.2) is 29.6 Å². The van der Waals surface area contributed by atoms with E-state index in [-0.39, 0.29) is 11.7 Å². The monoisotopic (exact) mass is 267 g/mol. The SMILES string of the molecule is Cc1c(O)cccc1NC(=O)c1sccc1Cl. The van der Waals surface area contributed by atoms with Gasteiger partial charge in [0.25, 0.3) is 5.91 Å². The van der Waals surface area contributed by atoms with E-state index in [1.54, 1.807) is 36.6 Å². The number of halogens is 1. The van der Waals surface area contributed by atoms with Crippen molar-refractivity contribution >= 4 is 34.5 Å². The van der Waals surface area contributed by atoms with Crippen LogP contribution in [0, 0.1) is 6.92 Å². The molecule has 2 aromatic rings. The number of carbonyl (C=O) groups excluding carboxylic acids is 1. The first-order chi connectivity index (χ1) is 8.09. The van der Waals surface area contributed by atoms with Gasteiger partial charge in [-0.15, -0.1) is 11.3 Å². The number of phenolic OH excluding ortho intramolecular Hbond substituents is 1. The van der Waals surface area contributed by atoms with Gasteiger partial charge in [-0.1, -0.05) is 17.7 Å². The first-order valence-electron chi connectivity index (χ1n) is 4.92. The highest BCUT2D eigenvalue weighted by molar-refractivity contribution is 7.12. The highest BCUT2D eigenvalue weighted by Crippen LogP contribution is 2.27. The van der Waals surface area contributed by atoms with Crippen LogP contribution in [-0.2, 0) is 0 Å². The van der Waals surface area contributed by atoms with Gasteiger partial charge >= 0.3 is 0 Å². The summed E-state index contributed by atoms with van der Waals surface area (Å²) in [5.74, 6) is -0.112. The molecule has 0 aliphatic carbocycles. The third-order valence-corrected chi connectivity index (χ3v) is 3.72. The summed E-state index contributed by atoms with van der Waals surface area (Å²) in [6.07, 6.45) is 0. The molecule has 1 aromatic heterocycles. The van der Waals surface area contributed by atoms with Crippen molar-refractivity contribution < 1.29 is 9.90 Å². The summed E-state index contributed by atoms with van der Waals surface area (Å²) in [5, 5.41) is 14.4. The van der Waals surface area contributed by atoms with E-state index in [0.717, 1.165) is 0 Å². The molecule has 2 N–H and O–H groups in total. The van der Waals surface area contributed by atoms with Crippen LogP contribution < -0.4 is 5.32 Å². The predicted molar refractivity (Wildman–Crippen MR) is 70.1 cm³/mol. The molecule has 0 radical (unpaired) electrons. The van der Waals surface area contributed by atoms with Gasteiger partial charge in [0.1, 0.15) is 10.6 Å². The van der Waals surface area contributed by atoms with E-state index < -0.39 is 0 Å². The molecule has 0 unspecified atom stereocenters. The van der Waals surface area contributed by atoms with E-state index in [1.807, 2.05) is 0 Å². The Kier molecular flexibility index (Phi) is 3.36. The molecule has 0 bridgehead atoms. The van der Waals surface area contributed by atoms with Crippen molar-refractivity contribution in [1.82, 2.24) is 0 Å². The van der Waals surface area contributed by atoms with Crippen molar-refractivity contribution in [2.75, 3.05) is 5.32 Å². The number of thiophene rings is 1. The molecule has 0 saturated heterocycles. The Morgan fingerprint density at radius 2 is 2.18 bits per heavy atom. The number of aromatic hydroxyl groups is 1. The van der Waals surface area contributed by atoms with Crippen LogP contribution in [-0.4, -0.2) is 11.0 Å². The van der Waals surface area contributed by atoms with E-state index in [2.05, 4.69) is 5.32 Å². The fourth-order valence-corrected chi connectivity index (χ4v) is 2.43. The normalized spacial score (nSPS) is 10.2. The summed E-state index contributed by atoms with van der Waals surface area (Å²) in [7, 11) is 0. The van der Waals surface area contributed by atoms with Crippen molar-refractivity contribution in [2.45, 2.75) is 6.92 Å². The minimum atomic E-state index is -0.265. The third kappa shape index (κ3) is 2.43. The van der Waals surface area contributed by atoms with Crippen molar-refractivity contribution in [2.24, 2.45) is 0 Å². The van der Waals surface area contributed by atoms with Crippen molar-refractivity contribution in [3.05, 3.63) is 45.1 Å². The number of rotatable bonds is 2. The molecule has 0 fully saturated rings. The molecule has 5 heteroatoms. The van der Waals surface area contributed by atoms with Gasteiger partial charge < -0.3 is 10.4 Å². The second kappa shape index (κ2) is 4.77. The number of anilines is 1. The van der Waals surface area contributed by atoms with E-state index in [0.29, 0.717) is 21.2 Å². The highest BCUT2D eigenvalue weighted by atomic mass is 35.5. The minimum absolute atomic E-state index is 0.153. The van der Waals surface area contributed by atoms with E-state index >= 15 is 0 Å². The molecule has 2 rings (SSSR count). The number of nitrogens with one attached hydrogen (secondary N) is 1. The predicted octanol–water partition coefficient (Wildman–Crippen LogP) is 3.67. The molecule has 1 amide bonds. The van der Waals surface area contributed by atoms with Crippen LogP contribution in [0.5, 0.6) is 5.75 Å². The Hall–Kier alpha value is -1.52. The van der Waals surface area contributed by atoms with Crippen molar-refractivity contribution in [3.8, 4) is 5.75 Å². The van der Waals surface area contributed by atoms with Crippen molar-refractivity contribution in [3.63, 3.8) is 0 Å². The second-order valence-electron chi connectivity index (χ2n) is 3.50. The zero-order valence-electron chi connectivity index (χ0n) is 9.03. The van der Waals surface area contributed by atoms with Crippen LogP contribution in [0.25, 0.3) is 0 Å². The molecule has 88 valence electrons. The Bertz CT molecular complexity index is 565. The van der Waals surface area contributed by atoms with Gasteiger partial charge in [-0.25, -0.2) is 0 Å². The Balaban J connectivity index is 2.25. The zero-order valence-corrected chi connectivity index (χ0v) is 10.6. The number of hydrogen-bond acceptors (Lipinski definition) is 3. The van der Waals surface area contributed by atoms with Gasteiger partial charge in [0.15, 0.2) is 0 Å². The maximum atomic E-state index is 11.9. The first-order valence-corrected chi connectivity index (χ1v) is 6.18. The van der Waals surface area contributed by atoms with Gasteiger partial charge in [-0.3, -0.25) is 4.79 Å². The minimum Gasteiger partial charge on any atom is -0.508 e. The second-order valence-corrected chi connectivity index (χ2v) is 4.82. The summed E-state index contributed by atoms with van der Waals surface area (Å²) in [4.78, 5) is 12.4. The quantitative estimate of drug-likeness (QED) is 0.872. The number of benzene rings is 1. The van der Waals surface area contributed by atoms with Gasteiger partial charge in [-0.05, 0) is 30.5 Å². The number of hydrogen-bond donors (Lipinski definition) is 2. The molecule has 0 atom stereocenters. The smallest absolute Gasteiger partial charge is 0.267 e. The van der Waals surface area contributed by atoms with E-state index in [4.69, 9.17) is 11.6 Å². The van der Waals surface area contributed by atoms with Gasteiger partial charge in [0, 0.05) is 11.3 Å². The lowest BCUT2D eigenvalue weighted by molar-refractivity contribution is 0.103. The number of amides is 1. The Morgan fingerprint density at radius 1 is 1.41 bits per heavy atom. The lowest BCUT2D eigenvalue weighted by atomic mass is 10.2. The number of phenols is 1.